The Labute approximate surface area is 77.5 Å². The first-order chi connectivity index (χ1) is 6.02. The Morgan fingerprint density at radius 1 is 1.08 bits per heavy atom. The van der Waals surface area contributed by atoms with Gasteiger partial charge in [-0.15, -0.1) is 0 Å². The summed E-state index contributed by atoms with van der Waals surface area (Å²) in [7, 11) is 2.72. The monoisotopic (exact) mass is 186 g/mol. The predicted octanol–water partition coefficient (Wildman–Crippen LogP) is 1.06. The van der Waals surface area contributed by atoms with E-state index in [1.807, 2.05) is 0 Å². The lowest BCUT2D eigenvalue weighted by Crippen LogP contribution is -2.11. The molecule has 0 bridgehead atoms. The number of methoxy groups -OCH3 is 2. The number of ketones is 1. The molecule has 0 aliphatic heterocycles. The summed E-state index contributed by atoms with van der Waals surface area (Å²) in [6.45, 7) is 3.29. The number of rotatable bonds is 4. The molecule has 0 radical (unpaired) electrons. The molecule has 0 saturated carbocycles. The number of hydrogen-bond acceptors (Lipinski definition) is 4. The van der Waals surface area contributed by atoms with E-state index in [0.29, 0.717) is 11.3 Å². The van der Waals surface area contributed by atoms with Crippen molar-refractivity contribution in [2.24, 2.45) is 0 Å². The third kappa shape index (κ3) is 3.73. The van der Waals surface area contributed by atoms with E-state index in [0.717, 1.165) is 0 Å². The van der Waals surface area contributed by atoms with Crippen LogP contribution in [0.5, 0.6) is 0 Å². The lowest BCUT2D eigenvalue weighted by Gasteiger charge is -2.04. The standard InChI is InChI=1S/C9H14O4/c1-6(7(2)12-3)8(10)5-9(11)13-4/h5H2,1-4H3. The van der Waals surface area contributed by atoms with Crippen molar-refractivity contribution in [3.05, 3.63) is 11.3 Å². The molecule has 0 saturated heterocycles. The molecular formula is C9H14O4. The summed E-state index contributed by atoms with van der Waals surface area (Å²) in [4.78, 5) is 22.0. The van der Waals surface area contributed by atoms with Gasteiger partial charge in [0.15, 0.2) is 5.78 Å². The van der Waals surface area contributed by atoms with Crippen LogP contribution in [0.3, 0.4) is 0 Å². The minimum absolute atomic E-state index is 0.233. The maximum atomic E-state index is 11.3. The molecule has 0 heterocycles. The molecule has 74 valence electrons. The maximum Gasteiger partial charge on any atom is 0.313 e. The fourth-order valence-electron chi connectivity index (χ4n) is 0.685. The highest BCUT2D eigenvalue weighted by Gasteiger charge is 2.13. The number of ether oxygens (including phenoxy) is 2. The Kier molecular flexibility index (Phi) is 4.80. The van der Waals surface area contributed by atoms with Crippen LogP contribution >= 0.6 is 0 Å². The maximum absolute atomic E-state index is 11.3. The number of Topliss-reactive ketones (excluding diaryl/α,β-unsaturated/α-hetero) is 1. The van der Waals surface area contributed by atoms with Crippen molar-refractivity contribution < 1.29 is 19.1 Å². The first kappa shape index (κ1) is 11.7. The smallest absolute Gasteiger partial charge is 0.313 e. The van der Waals surface area contributed by atoms with Crippen LogP contribution in [0.1, 0.15) is 20.3 Å². The van der Waals surface area contributed by atoms with E-state index >= 15 is 0 Å². The fraction of sp³-hybridized carbons (Fsp3) is 0.556. The van der Waals surface area contributed by atoms with Crippen LogP contribution < -0.4 is 0 Å². The minimum atomic E-state index is -0.534. The zero-order valence-corrected chi connectivity index (χ0v) is 8.34. The second kappa shape index (κ2) is 5.35. The van der Waals surface area contributed by atoms with E-state index in [4.69, 9.17) is 4.74 Å². The molecule has 0 aliphatic carbocycles. The van der Waals surface area contributed by atoms with Crippen molar-refractivity contribution in [1.29, 1.82) is 0 Å². The number of carbonyl (C=O) groups excluding carboxylic acids is 2. The van der Waals surface area contributed by atoms with Gasteiger partial charge in [0.2, 0.25) is 0 Å². The van der Waals surface area contributed by atoms with Gasteiger partial charge in [0.05, 0.1) is 20.0 Å². The van der Waals surface area contributed by atoms with Gasteiger partial charge >= 0.3 is 5.97 Å². The molecule has 4 nitrogen and oxygen atoms in total. The molecule has 0 spiro atoms. The molecule has 0 unspecified atom stereocenters. The van der Waals surface area contributed by atoms with Crippen molar-refractivity contribution in [1.82, 2.24) is 0 Å². The van der Waals surface area contributed by atoms with Gasteiger partial charge in [-0.05, 0) is 13.8 Å². The van der Waals surface area contributed by atoms with Gasteiger partial charge in [0, 0.05) is 5.57 Å². The average Bonchev–Trinajstić information content (AvgIpc) is 2.14. The third-order valence-electron chi connectivity index (χ3n) is 1.79. The van der Waals surface area contributed by atoms with Gasteiger partial charge in [-0.2, -0.15) is 0 Å². The van der Waals surface area contributed by atoms with Gasteiger partial charge in [-0.3, -0.25) is 9.59 Å². The van der Waals surface area contributed by atoms with Crippen LogP contribution in [0.2, 0.25) is 0 Å². The van der Waals surface area contributed by atoms with Crippen molar-refractivity contribution in [2.45, 2.75) is 20.3 Å². The highest BCUT2D eigenvalue weighted by atomic mass is 16.5. The van der Waals surface area contributed by atoms with E-state index in [9.17, 15) is 9.59 Å². The second-order valence-corrected chi connectivity index (χ2v) is 2.56. The molecule has 0 aromatic rings. The zero-order chi connectivity index (χ0) is 10.4. The summed E-state index contributed by atoms with van der Waals surface area (Å²) in [5.41, 5.74) is 0.452. The highest BCUT2D eigenvalue weighted by Crippen LogP contribution is 2.07. The molecule has 0 amide bonds. The topological polar surface area (TPSA) is 52.6 Å². The van der Waals surface area contributed by atoms with Crippen LogP contribution in [0.25, 0.3) is 0 Å². The highest BCUT2D eigenvalue weighted by molar-refractivity contribution is 6.05. The van der Waals surface area contributed by atoms with Crippen LogP contribution in [-0.4, -0.2) is 26.0 Å². The van der Waals surface area contributed by atoms with Crippen molar-refractivity contribution in [3.63, 3.8) is 0 Å². The number of hydrogen-bond donors (Lipinski definition) is 0. The molecule has 0 fully saturated rings. The van der Waals surface area contributed by atoms with Gasteiger partial charge in [-0.25, -0.2) is 0 Å². The number of esters is 1. The molecule has 0 aromatic carbocycles. The Hall–Kier alpha value is -1.32. The lowest BCUT2D eigenvalue weighted by atomic mass is 10.1. The zero-order valence-electron chi connectivity index (χ0n) is 8.34. The molecule has 0 aromatic heterocycles. The van der Waals surface area contributed by atoms with Crippen molar-refractivity contribution >= 4 is 11.8 Å². The molecule has 0 aliphatic rings. The summed E-state index contributed by atoms with van der Waals surface area (Å²) in [6, 6.07) is 0. The largest absolute Gasteiger partial charge is 0.501 e. The summed E-state index contributed by atoms with van der Waals surface area (Å²) >= 11 is 0. The van der Waals surface area contributed by atoms with Crippen LogP contribution in [0, 0.1) is 0 Å². The first-order valence-electron chi connectivity index (χ1n) is 3.84. The molecule has 0 atom stereocenters. The quantitative estimate of drug-likeness (QED) is 0.285. The predicted molar refractivity (Wildman–Crippen MR) is 47.0 cm³/mol. The summed E-state index contributed by atoms with van der Waals surface area (Å²) in [6.07, 6.45) is -0.233. The molecule has 13 heavy (non-hydrogen) atoms. The van der Waals surface area contributed by atoms with Crippen LogP contribution in [-0.2, 0) is 19.1 Å². The Bertz CT molecular complexity index is 240. The van der Waals surface area contributed by atoms with E-state index in [2.05, 4.69) is 4.74 Å². The lowest BCUT2D eigenvalue weighted by molar-refractivity contribution is -0.142. The Morgan fingerprint density at radius 3 is 2.00 bits per heavy atom. The van der Waals surface area contributed by atoms with E-state index in [1.165, 1.54) is 14.2 Å². The van der Waals surface area contributed by atoms with Gasteiger partial charge < -0.3 is 9.47 Å². The molecular weight excluding hydrogens is 172 g/mol. The van der Waals surface area contributed by atoms with E-state index in [-0.39, 0.29) is 12.2 Å². The molecule has 0 N–H and O–H groups in total. The summed E-state index contributed by atoms with van der Waals surface area (Å²) in [5, 5.41) is 0. The molecule has 0 rings (SSSR count). The third-order valence-corrected chi connectivity index (χ3v) is 1.79. The van der Waals surface area contributed by atoms with E-state index in [1.54, 1.807) is 13.8 Å². The normalized spacial score (nSPS) is 11.7. The van der Waals surface area contributed by atoms with E-state index < -0.39 is 5.97 Å². The van der Waals surface area contributed by atoms with Crippen LogP contribution in [0.4, 0.5) is 0 Å². The number of carbonyl (C=O) groups is 2. The van der Waals surface area contributed by atoms with Gasteiger partial charge in [0.1, 0.15) is 6.42 Å². The first-order valence-corrected chi connectivity index (χ1v) is 3.84. The van der Waals surface area contributed by atoms with Gasteiger partial charge in [-0.1, -0.05) is 0 Å². The van der Waals surface area contributed by atoms with Crippen molar-refractivity contribution in [2.75, 3.05) is 14.2 Å². The van der Waals surface area contributed by atoms with Crippen molar-refractivity contribution in [3.8, 4) is 0 Å². The summed E-state index contributed by atoms with van der Waals surface area (Å²) < 4.78 is 9.22. The summed E-state index contributed by atoms with van der Waals surface area (Å²) in [5.74, 6) is -0.284. The second-order valence-electron chi connectivity index (χ2n) is 2.56. The number of allylic oxidation sites excluding steroid dienone is 2. The fourth-order valence-corrected chi connectivity index (χ4v) is 0.685. The Morgan fingerprint density at radius 2 is 1.62 bits per heavy atom. The van der Waals surface area contributed by atoms with Crippen LogP contribution in [0.15, 0.2) is 11.3 Å². The van der Waals surface area contributed by atoms with Gasteiger partial charge in [0.25, 0.3) is 0 Å². The average molecular weight is 186 g/mol. The molecule has 4 heteroatoms. The minimum Gasteiger partial charge on any atom is -0.501 e. The Balaban J connectivity index is 4.36. The SMILES string of the molecule is COC(=O)CC(=O)C(C)=C(C)OC.